The van der Waals surface area contributed by atoms with Crippen molar-refractivity contribution in [3.8, 4) is 5.75 Å². The molecular formula is C20H25Cl2N3O6S2. The normalized spacial score (nSPS) is 13.0. The zero-order chi connectivity index (χ0) is 25.1. The van der Waals surface area contributed by atoms with Crippen LogP contribution in [0.2, 0.25) is 10.0 Å². The number of anilines is 2. The van der Waals surface area contributed by atoms with E-state index in [0.29, 0.717) is 0 Å². The molecule has 0 heterocycles. The van der Waals surface area contributed by atoms with Crippen molar-refractivity contribution in [3.05, 3.63) is 46.4 Å². The Morgan fingerprint density at radius 2 is 1.67 bits per heavy atom. The summed E-state index contributed by atoms with van der Waals surface area (Å²) in [5.41, 5.74) is 0.0744. The summed E-state index contributed by atoms with van der Waals surface area (Å²) in [4.78, 5) is 13.0. The number of hydrogen-bond donors (Lipinski definition) is 2. The Morgan fingerprint density at radius 3 is 2.21 bits per heavy atom. The SMILES string of the molecule is COc1ccc(S(=O)(=O)NC(C)C)cc1NC(=O)[C@@H](C)N(c1cc(Cl)ccc1Cl)S(C)(=O)=O. The highest BCUT2D eigenvalue weighted by Gasteiger charge is 2.31. The van der Waals surface area contributed by atoms with Gasteiger partial charge in [0, 0.05) is 11.1 Å². The number of benzene rings is 2. The molecular weight excluding hydrogens is 513 g/mol. The Bertz CT molecular complexity index is 1250. The monoisotopic (exact) mass is 537 g/mol. The quantitative estimate of drug-likeness (QED) is 0.504. The van der Waals surface area contributed by atoms with Gasteiger partial charge in [0.25, 0.3) is 0 Å². The number of ether oxygens (including phenoxy) is 1. The predicted octanol–water partition coefficient (Wildman–Crippen LogP) is 3.48. The minimum atomic E-state index is -3.96. The molecule has 2 rings (SSSR count). The topological polar surface area (TPSA) is 122 Å². The summed E-state index contributed by atoms with van der Waals surface area (Å²) in [6.07, 6.45) is 0.930. The highest BCUT2D eigenvalue weighted by atomic mass is 35.5. The Morgan fingerprint density at radius 1 is 1.03 bits per heavy atom. The average Bonchev–Trinajstić information content (AvgIpc) is 2.68. The summed E-state index contributed by atoms with van der Waals surface area (Å²) in [6, 6.07) is 6.57. The Kier molecular flexibility index (Phi) is 8.63. The highest BCUT2D eigenvalue weighted by molar-refractivity contribution is 7.92. The number of halogens is 2. The first-order chi connectivity index (χ1) is 15.2. The van der Waals surface area contributed by atoms with E-state index in [2.05, 4.69) is 10.0 Å². The van der Waals surface area contributed by atoms with Crippen molar-refractivity contribution < 1.29 is 26.4 Å². The van der Waals surface area contributed by atoms with Gasteiger partial charge < -0.3 is 10.1 Å². The van der Waals surface area contributed by atoms with Crippen LogP contribution < -0.4 is 19.1 Å². The Balaban J connectivity index is 2.47. The molecule has 2 aromatic carbocycles. The van der Waals surface area contributed by atoms with Crippen molar-refractivity contribution in [2.75, 3.05) is 23.0 Å². The van der Waals surface area contributed by atoms with Gasteiger partial charge >= 0.3 is 0 Å². The molecule has 0 aromatic heterocycles. The van der Waals surface area contributed by atoms with E-state index in [1.54, 1.807) is 13.8 Å². The molecule has 0 saturated carbocycles. The fourth-order valence-corrected chi connectivity index (χ4v) is 5.88. The van der Waals surface area contributed by atoms with E-state index >= 15 is 0 Å². The first-order valence-corrected chi connectivity index (χ1v) is 13.7. The molecule has 0 fully saturated rings. The van der Waals surface area contributed by atoms with Crippen molar-refractivity contribution >= 4 is 60.5 Å². The van der Waals surface area contributed by atoms with Crippen LogP contribution in [0.5, 0.6) is 5.75 Å². The fourth-order valence-electron chi connectivity index (χ4n) is 3.00. The molecule has 13 heteroatoms. The first kappa shape index (κ1) is 27.2. The van der Waals surface area contributed by atoms with Crippen LogP contribution in [0.15, 0.2) is 41.3 Å². The molecule has 9 nitrogen and oxygen atoms in total. The van der Waals surface area contributed by atoms with Gasteiger partial charge in [0.05, 0.1) is 34.7 Å². The van der Waals surface area contributed by atoms with Crippen LogP contribution in [-0.2, 0) is 24.8 Å². The summed E-state index contributed by atoms with van der Waals surface area (Å²) >= 11 is 12.2. The van der Waals surface area contributed by atoms with E-state index in [-0.39, 0.29) is 38.1 Å². The largest absolute Gasteiger partial charge is 0.495 e. The summed E-state index contributed by atoms with van der Waals surface area (Å²) in [7, 11) is -6.46. The molecule has 0 bridgehead atoms. The molecule has 0 spiro atoms. The Hall–Kier alpha value is -2.05. The molecule has 2 aromatic rings. The molecule has 33 heavy (non-hydrogen) atoms. The van der Waals surface area contributed by atoms with Gasteiger partial charge in [0.15, 0.2) is 0 Å². The number of amides is 1. The minimum absolute atomic E-state index is 0.0266. The van der Waals surface area contributed by atoms with Crippen LogP contribution in [0.1, 0.15) is 20.8 Å². The fraction of sp³-hybridized carbons (Fsp3) is 0.350. The summed E-state index contributed by atoms with van der Waals surface area (Å²) < 4.78 is 58.6. The van der Waals surface area contributed by atoms with Crippen LogP contribution >= 0.6 is 23.2 Å². The third-order valence-electron chi connectivity index (χ3n) is 4.36. The maximum absolute atomic E-state index is 13.1. The third kappa shape index (κ3) is 6.73. The van der Waals surface area contributed by atoms with Gasteiger partial charge in [0.1, 0.15) is 11.8 Å². The second kappa shape index (κ2) is 10.5. The van der Waals surface area contributed by atoms with Crippen LogP contribution in [0, 0.1) is 0 Å². The van der Waals surface area contributed by atoms with Crippen molar-refractivity contribution in [1.82, 2.24) is 4.72 Å². The zero-order valence-electron chi connectivity index (χ0n) is 18.6. The smallest absolute Gasteiger partial charge is 0.248 e. The highest BCUT2D eigenvalue weighted by Crippen LogP contribution is 2.33. The molecule has 0 unspecified atom stereocenters. The van der Waals surface area contributed by atoms with Crippen LogP contribution in [0.3, 0.4) is 0 Å². The van der Waals surface area contributed by atoms with Crippen LogP contribution in [0.25, 0.3) is 0 Å². The summed E-state index contributed by atoms with van der Waals surface area (Å²) in [5, 5.41) is 2.85. The number of rotatable bonds is 9. The molecule has 1 amide bonds. The van der Waals surface area contributed by atoms with E-state index < -0.39 is 32.0 Å². The van der Waals surface area contributed by atoms with Crippen molar-refractivity contribution in [3.63, 3.8) is 0 Å². The van der Waals surface area contributed by atoms with Crippen LogP contribution in [-0.4, -0.2) is 48.2 Å². The molecule has 0 radical (unpaired) electrons. The number of carbonyl (C=O) groups is 1. The number of sulfonamides is 2. The molecule has 0 aliphatic carbocycles. The van der Waals surface area contributed by atoms with Gasteiger partial charge in [-0.15, -0.1) is 0 Å². The lowest BCUT2D eigenvalue weighted by Crippen LogP contribution is -2.45. The van der Waals surface area contributed by atoms with Gasteiger partial charge in [-0.3, -0.25) is 9.10 Å². The summed E-state index contributed by atoms with van der Waals surface area (Å²) in [6.45, 7) is 4.71. The Labute approximate surface area is 204 Å². The van der Waals surface area contributed by atoms with E-state index in [0.717, 1.165) is 10.6 Å². The third-order valence-corrected chi connectivity index (χ3v) is 7.80. The van der Waals surface area contributed by atoms with Gasteiger partial charge in [-0.1, -0.05) is 23.2 Å². The number of methoxy groups -OCH3 is 1. The maximum Gasteiger partial charge on any atom is 0.248 e. The second-order valence-electron chi connectivity index (χ2n) is 7.46. The standard InChI is InChI=1S/C20H25Cl2N3O6S2/c1-12(2)24-33(29,30)15-7-9-19(31-4)17(11-15)23-20(26)13(3)25(32(5,27)28)18-10-14(21)6-8-16(18)22/h6-13,24H,1-5H3,(H,23,26)/t13-/m1/s1. The molecule has 1 atom stereocenters. The van der Waals surface area contributed by atoms with Gasteiger partial charge in [-0.25, -0.2) is 21.6 Å². The maximum atomic E-state index is 13.1. The van der Waals surface area contributed by atoms with Crippen molar-refractivity contribution in [2.45, 2.75) is 37.8 Å². The average molecular weight is 538 g/mol. The number of carbonyl (C=O) groups excluding carboxylic acids is 1. The molecule has 182 valence electrons. The molecule has 0 aliphatic heterocycles. The second-order valence-corrected chi connectivity index (χ2v) is 11.9. The zero-order valence-corrected chi connectivity index (χ0v) is 21.7. The van der Waals surface area contributed by atoms with Crippen LogP contribution in [0.4, 0.5) is 11.4 Å². The summed E-state index contributed by atoms with van der Waals surface area (Å²) in [5.74, 6) is -0.563. The molecule has 0 saturated heterocycles. The lowest BCUT2D eigenvalue weighted by Gasteiger charge is -2.29. The van der Waals surface area contributed by atoms with E-state index in [1.165, 1.54) is 50.4 Å². The van der Waals surface area contributed by atoms with Gasteiger partial charge in [-0.05, 0) is 57.2 Å². The lowest BCUT2D eigenvalue weighted by molar-refractivity contribution is -0.116. The van der Waals surface area contributed by atoms with Crippen molar-refractivity contribution in [1.29, 1.82) is 0 Å². The number of nitrogens with one attached hydrogen (secondary N) is 2. The molecule has 2 N–H and O–H groups in total. The number of nitrogens with zero attached hydrogens (tertiary/aromatic N) is 1. The minimum Gasteiger partial charge on any atom is -0.495 e. The van der Waals surface area contributed by atoms with Gasteiger partial charge in [-0.2, -0.15) is 0 Å². The predicted molar refractivity (Wildman–Crippen MR) is 130 cm³/mol. The number of hydrogen-bond acceptors (Lipinski definition) is 6. The molecule has 0 aliphatic rings. The lowest BCUT2D eigenvalue weighted by atomic mass is 10.2. The van der Waals surface area contributed by atoms with E-state index in [9.17, 15) is 21.6 Å². The van der Waals surface area contributed by atoms with E-state index in [1.807, 2.05) is 0 Å². The van der Waals surface area contributed by atoms with Crippen molar-refractivity contribution in [2.24, 2.45) is 0 Å². The first-order valence-electron chi connectivity index (χ1n) is 9.63. The van der Waals surface area contributed by atoms with E-state index in [4.69, 9.17) is 27.9 Å². The van der Waals surface area contributed by atoms with Gasteiger partial charge in [0.2, 0.25) is 26.0 Å².